The molecule has 3 rings (SSSR count). The third kappa shape index (κ3) is 2.63. The monoisotopic (exact) mass is 291 g/mol. The fraction of sp³-hybridized carbons (Fsp3) is 0.538. The van der Waals surface area contributed by atoms with Gasteiger partial charge in [0.15, 0.2) is 0 Å². The third-order valence-corrected chi connectivity index (χ3v) is 4.33. The molecule has 1 aliphatic heterocycles. The largest absolute Gasteiger partial charge is 0.356 e. The van der Waals surface area contributed by atoms with Gasteiger partial charge in [0.25, 0.3) is 5.78 Å². The normalized spacial score (nSPS) is 18.7. The van der Waals surface area contributed by atoms with Gasteiger partial charge in [-0.25, -0.2) is 9.50 Å². The van der Waals surface area contributed by atoms with E-state index >= 15 is 0 Å². The van der Waals surface area contributed by atoms with Crippen molar-refractivity contribution in [2.45, 2.75) is 31.8 Å². The van der Waals surface area contributed by atoms with Gasteiger partial charge in [-0.05, 0) is 32.8 Å². The Bertz CT molecular complexity index is 653. The van der Waals surface area contributed by atoms with E-state index in [4.69, 9.17) is 0 Å². The third-order valence-electron chi connectivity index (χ3n) is 3.46. The van der Waals surface area contributed by atoms with Gasteiger partial charge in [-0.15, -0.1) is 5.10 Å². The van der Waals surface area contributed by atoms with Crippen LogP contribution in [-0.4, -0.2) is 37.8 Å². The SMILES string of the molecule is Cc1cc(C)n2nc(SCC[C@@H]3CCNC3=O)nc2n1. The number of fused-ring (bicyclic) bond motifs is 1. The molecule has 7 heteroatoms. The number of thioether (sulfide) groups is 1. The lowest BCUT2D eigenvalue weighted by Gasteiger charge is -2.03. The molecule has 0 unspecified atom stereocenters. The number of carbonyl (C=O) groups excluding carboxylic acids is 1. The quantitative estimate of drug-likeness (QED) is 0.861. The molecular weight excluding hydrogens is 274 g/mol. The molecule has 1 N–H and O–H groups in total. The fourth-order valence-electron chi connectivity index (χ4n) is 2.42. The lowest BCUT2D eigenvalue weighted by molar-refractivity contribution is -0.122. The van der Waals surface area contributed by atoms with E-state index in [0.717, 1.165) is 41.7 Å². The number of carbonyl (C=O) groups is 1. The van der Waals surface area contributed by atoms with Crippen LogP contribution in [-0.2, 0) is 4.79 Å². The number of nitrogens with one attached hydrogen (secondary N) is 1. The van der Waals surface area contributed by atoms with Crippen molar-refractivity contribution in [2.75, 3.05) is 12.3 Å². The van der Waals surface area contributed by atoms with Crippen molar-refractivity contribution in [2.24, 2.45) is 5.92 Å². The highest BCUT2D eigenvalue weighted by atomic mass is 32.2. The number of hydrogen-bond donors (Lipinski definition) is 1. The first kappa shape index (κ1) is 13.4. The highest BCUT2D eigenvalue weighted by Crippen LogP contribution is 2.21. The summed E-state index contributed by atoms with van der Waals surface area (Å²) in [4.78, 5) is 20.3. The standard InChI is InChI=1S/C13H17N5OS/c1-8-7-9(2)18-12(15-8)16-13(17-18)20-6-4-10-3-5-14-11(10)19/h7,10H,3-6H2,1-2H3,(H,14,19)/t10-/m0/s1. The van der Waals surface area contributed by atoms with Crippen LogP contribution in [0.3, 0.4) is 0 Å². The molecule has 106 valence electrons. The first-order valence-electron chi connectivity index (χ1n) is 6.75. The van der Waals surface area contributed by atoms with Crippen molar-refractivity contribution >= 4 is 23.4 Å². The van der Waals surface area contributed by atoms with Gasteiger partial charge in [-0.3, -0.25) is 4.79 Å². The average Bonchev–Trinajstić information content (AvgIpc) is 2.96. The molecule has 0 bridgehead atoms. The van der Waals surface area contributed by atoms with Crippen LogP contribution < -0.4 is 5.32 Å². The Morgan fingerprint density at radius 3 is 3.05 bits per heavy atom. The maximum Gasteiger partial charge on any atom is 0.253 e. The van der Waals surface area contributed by atoms with E-state index in [1.165, 1.54) is 0 Å². The Labute approximate surface area is 121 Å². The van der Waals surface area contributed by atoms with Crippen LogP contribution in [0.4, 0.5) is 0 Å². The minimum absolute atomic E-state index is 0.154. The smallest absolute Gasteiger partial charge is 0.253 e. The highest BCUT2D eigenvalue weighted by Gasteiger charge is 2.23. The molecular formula is C13H17N5OS. The van der Waals surface area contributed by atoms with Crippen LogP contribution in [0, 0.1) is 19.8 Å². The van der Waals surface area contributed by atoms with E-state index in [-0.39, 0.29) is 11.8 Å². The zero-order valence-corrected chi connectivity index (χ0v) is 12.4. The van der Waals surface area contributed by atoms with Crippen LogP contribution in [0.2, 0.25) is 0 Å². The Hall–Kier alpha value is -1.63. The molecule has 0 aliphatic carbocycles. The second kappa shape index (κ2) is 5.40. The maximum absolute atomic E-state index is 11.5. The summed E-state index contributed by atoms with van der Waals surface area (Å²) in [6.07, 6.45) is 1.81. The first-order chi connectivity index (χ1) is 9.63. The van der Waals surface area contributed by atoms with Gasteiger partial charge in [0.05, 0.1) is 0 Å². The minimum Gasteiger partial charge on any atom is -0.356 e. The lowest BCUT2D eigenvalue weighted by Crippen LogP contribution is -2.19. The molecule has 0 aromatic carbocycles. The van der Waals surface area contributed by atoms with E-state index in [2.05, 4.69) is 20.4 Å². The number of aryl methyl sites for hydroxylation is 2. The highest BCUT2D eigenvalue weighted by molar-refractivity contribution is 7.99. The topological polar surface area (TPSA) is 72.2 Å². The predicted octanol–water partition coefficient (Wildman–Crippen LogP) is 1.36. The summed E-state index contributed by atoms with van der Waals surface area (Å²) in [7, 11) is 0. The second-order valence-electron chi connectivity index (χ2n) is 5.06. The molecule has 0 radical (unpaired) electrons. The van der Waals surface area contributed by atoms with E-state index < -0.39 is 0 Å². The molecule has 2 aromatic heterocycles. The average molecular weight is 291 g/mol. The van der Waals surface area contributed by atoms with Crippen molar-refractivity contribution in [3.63, 3.8) is 0 Å². The van der Waals surface area contributed by atoms with Crippen molar-refractivity contribution in [1.82, 2.24) is 24.9 Å². The molecule has 20 heavy (non-hydrogen) atoms. The Morgan fingerprint density at radius 2 is 2.30 bits per heavy atom. The minimum atomic E-state index is 0.154. The molecule has 2 aromatic rings. The van der Waals surface area contributed by atoms with Gasteiger partial charge in [0.2, 0.25) is 11.1 Å². The van der Waals surface area contributed by atoms with Crippen molar-refractivity contribution in [1.29, 1.82) is 0 Å². The van der Waals surface area contributed by atoms with E-state index in [0.29, 0.717) is 5.78 Å². The number of hydrogen-bond acceptors (Lipinski definition) is 5. The summed E-state index contributed by atoms with van der Waals surface area (Å²) in [5, 5.41) is 8.03. The van der Waals surface area contributed by atoms with Crippen molar-refractivity contribution in [3.05, 3.63) is 17.5 Å². The number of amides is 1. The summed E-state index contributed by atoms with van der Waals surface area (Å²) in [6.45, 7) is 4.75. The predicted molar refractivity (Wildman–Crippen MR) is 76.7 cm³/mol. The molecule has 1 amide bonds. The summed E-state index contributed by atoms with van der Waals surface area (Å²) < 4.78 is 1.76. The van der Waals surface area contributed by atoms with Gasteiger partial charge in [-0.1, -0.05) is 11.8 Å². The summed E-state index contributed by atoms with van der Waals surface area (Å²) in [5.74, 6) is 1.83. The molecule has 1 atom stereocenters. The van der Waals surface area contributed by atoms with Gasteiger partial charge < -0.3 is 5.32 Å². The molecule has 0 spiro atoms. The van der Waals surface area contributed by atoms with Crippen LogP contribution in [0.5, 0.6) is 0 Å². The molecule has 1 fully saturated rings. The Balaban J connectivity index is 1.66. The van der Waals surface area contributed by atoms with Gasteiger partial charge in [0.1, 0.15) is 0 Å². The Kier molecular flexibility index (Phi) is 3.60. The van der Waals surface area contributed by atoms with Gasteiger partial charge >= 0.3 is 0 Å². The van der Waals surface area contributed by atoms with E-state index in [9.17, 15) is 4.79 Å². The zero-order chi connectivity index (χ0) is 14.1. The molecule has 1 saturated heterocycles. The lowest BCUT2D eigenvalue weighted by atomic mass is 10.1. The maximum atomic E-state index is 11.5. The van der Waals surface area contributed by atoms with Crippen LogP contribution >= 0.6 is 11.8 Å². The van der Waals surface area contributed by atoms with E-state index in [1.54, 1.807) is 16.3 Å². The summed E-state index contributed by atoms with van der Waals surface area (Å²) in [5.41, 5.74) is 1.98. The summed E-state index contributed by atoms with van der Waals surface area (Å²) in [6, 6.07) is 1.99. The van der Waals surface area contributed by atoms with Crippen LogP contribution in [0.1, 0.15) is 24.2 Å². The van der Waals surface area contributed by atoms with Crippen molar-refractivity contribution < 1.29 is 4.79 Å². The molecule has 1 aliphatic rings. The molecule has 3 heterocycles. The number of aromatic nitrogens is 4. The number of nitrogens with zero attached hydrogens (tertiary/aromatic N) is 4. The zero-order valence-electron chi connectivity index (χ0n) is 11.6. The first-order valence-corrected chi connectivity index (χ1v) is 7.73. The molecule has 0 saturated carbocycles. The second-order valence-corrected chi connectivity index (χ2v) is 6.12. The summed E-state index contributed by atoms with van der Waals surface area (Å²) >= 11 is 1.59. The van der Waals surface area contributed by atoms with Crippen LogP contribution in [0.15, 0.2) is 11.2 Å². The van der Waals surface area contributed by atoms with Crippen molar-refractivity contribution in [3.8, 4) is 0 Å². The van der Waals surface area contributed by atoms with Gasteiger partial charge in [-0.2, -0.15) is 4.98 Å². The van der Waals surface area contributed by atoms with E-state index in [1.807, 2.05) is 19.9 Å². The Morgan fingerprint density at radius 1 is 1.45 bits per heavy atom. The fourth-order valence-corrected chi connectivity index (χ4v) is 3.29. The van der Waals surface area contributed by atoms with Crippen LogP contribution in [0.25, 0.3) is 5.78 Å². The van der Waals surface area contributed by atoms with Gasteiger partial charge in [0, 0.05) is 29.6 Å². The number of rotatable bonds is 4. The molecule has 6 nitrogen and oxygen atoms in total.